The van der Waals surface area contributed by atoms with Crippen LogP contribution in [-0.2, 0) is 0 Å². The highest BCUT2D eigenvalue weighted by Gasteiger charge is 2.19. The first-order valence-electron chi connectivity index (χ1n) is 9.71. The van der Waals surface area contributed by atoms with E-state index in [9.17, 15) is 19.4 Å². The Kier molecular flexibility index (Phi) is 7.12. The summed E-state index contributed by atoms with van der Waals surface area (Å²) in [6.45, 7) is 1.64. The molecule has 32 heavy (non-hydrogen) atoms. The van der Waals surface area contributed by atoms with Crippen LogP contribution in [-0.4, -0.2) is 52.8 Å². The number of amides is 1. The number of halogens is 2. The number of rotatable bonds is 7. The molecule has 0 fully saturated rings. The zero-order valence-electron chi connectivity index (χ0n) is 17.7. The van der Waals surface area contributed by atoms with Crippen molar-refractivity contribution < 1.29 is 19.4 Å². The smallest absolute Gasteiger partial charge is 0.255 e. The lowest BCUT2D eigenvalue weighted by Gasteiger charge is -2.20. The number of aliphatic hydroxyl groups is 1. The normalized spacial score (nSPS) is 11.7. The van der Waals surface area contributed by atoms with Gasteiger partial charge in [-0.05, 0) is 37.3 Å². The fourth-order valence-corrected chi connectivity index (χ4v) is 3.17. The van der Waals surface area contributed by atoms with Gasteiger partial charge in [-0.25, -0.2) is 4.39 Å². The Morgan fingerprint density at radius 1 is 1.22 bits per heavy atom. The first kappa shape index (κ1) is 23.2. The molecule has 0 aliphatic rings. The van der Waals surface area contributed by atoms with Crippen LogP contribution >= 0.6 is 11.6 Å². The lowest BCUT2D eigenvalue weighted by Crippen LogP contribution is -2.31. The molecule has 10 heteroatoms. The molecule has 168 valence electrons. The van der Waals surface area contributed by atoms with Crippen LogP contribution in [0.1, 0.15) is 17.3 Å². The number of aromatic hydroxyl groups is 1. The van der Waals surface area contributed by atoms with Gasteiger partial charge < -0.3 is 25.7 Å². The Labute approximate surface area is 189 Å². The van der Waals surface area contributed by atoms with E-state index in [0.717, 1.165) is 0 Å². The SMILES string of the molecule is C[C@H](O)CNC(=O)c1cnccc1Nc1cc(-c2cc(Cl)ccc2F)c(O)nc1N(C)C. The minimum absolute atomic E-state index is 0.0784. The van der Waals surface area contributed by atoms with Gasteiger partial charge >= 0.3 is 0 Å². The van der Waals surface area contributed by atoms with Crippen LogP contribution in [0.3, 0.4) is 0 Å². The van der Waals surface area contributed by atoms with Gasteiger partial charge in [0.05, 0.1) is 23.0 Å². The molecule has 0 spiro atoms. The Balaban J connectivity index is 2.07. The molecule has 1 atom stereocenters. The maximum atomic E-state index is 14.5. The molecule has 0 radical (unpaired) electrons. The van der Waals surface area contributed by atoms with Crippen molar-refractivity contribution in [1.29, 1.82) is 0 Å². The molecule has 0 aliphatic carbocycles. The topological polar surface area (TPSA) is 111 Å². The van der Waals surface area contributed by atoms with E-state index in [2.05, 4.69) is 20.6 Å². The third-order valence-corrected chi connectivity index (χ3v) is 4.75. The molecule has 0 saturated carbocycles. The lowest BCUT2D eigenvalue weighted by atomic mass is 10.1. The predicted molar refractivity (Wildman–Crippen MR) is 122 cm³/mol. The molecule has 4 N–H and O–H groups in total. The van der Waals surface area contributed by atoms with Gasteiger partial charge in [-0.1, -0.05) is 11.6 Å². The molecule has 1 amide bonds. The van der Waals surface area contributed by atoms with Crippen LogP contribution in [0.25, 0.3) is 11.1 Å². The molecule has 2 heterocycles. The number of aromatic nitrogens is 2. The highest BCUT2D eigenvalue weighted by Crippen LogP contribution is 2.38. The standard InChI is InChI=1S/C22H23ClFN5O3/c1-12(30)10-26-21(31)16-11-25-7-6-18(16)27-19-9-15(22(32)28-20(19)29(2)3)14-8-13(23)4-5-17(14)24/h4-9,11-12,30H,10H2,1-3H3,(H,25,27)(H,26,31)(H,28,32)/t12-/m0/s1. The van der Waals surface area contributed by atoms with Crippen molar-refractivity contribution in [2.24, 2.45) is 0 Å². The molecule has 1 aromatic carbocycles. The second-order valence-corrected chi connectivity index (χ2v) is 7.79. The van der Waals surface area contributed by atoms with Crippen LogP contribution in [0.2, 0.25) is 5.02 Å². The van der Waals surface area contributed by atoms with Crippen molar-refractivity contribution >= 4 is 34.7 Å². The van der Waals surface area contributed by atoms with Crippen LogP contribution < -0.4 is 15.5 Å². The average molecular weight is 460 g/mol. The number of nitrogens with zero attached hydrogens (tertiary/aromatic N) is 3. The highest BCUT2D eigenvalue weighted by molar-refractivity contribution is 6.30. The number of carbonyl (C=O) groups excluding carboxylic acids is 1. The van der Waals surface area contributed by atoms with E-state index in [-0.39, 0.29) is 29.1 Å². The van der Waals surface area contributed by atoms with Crippen molar-refractivity contribution in [2.75, 3.05) is 30.9 Å². The summed E-state index contributed by atoms with van der Waals surface area (Å²) in [4.78, 5) is 22.4. The number of hydrogen-bond donors (Lipinski definition) is 4. The Hall–Kier alpha value is -3.43. The van der Waals surface area contributed by atoms with Crippen LogP contribution in [0, 0.1) is 5.82 Å². The minimum Gasteiger partial charge on any atom is -0.493 e. The maximum Gasteiger partial charge on any atom is 0.255 e. The number of benzene rings is 1. The zero-order chi connectivity index (χ0) is 23.4. The summed E-state index contributed by atoms with van der Waals surface area (Å²) in [7, 11) is 3.46. The lowest BCUT2D eigenvalue weighted by molar-refractivity contribution is 0.0924. The van der Waals surface area contributed by atoms with Crippen molar-refractivity contribution in [2.45, 2.75) is 13.0 Å². The third kappa shape index (κ3) is 5.24. The second-order valence-electron chi connectivity index (χ2n) is 7.35. The van der Waals surface area contributed by atoms with E-state index >= 15 is 0 Å². The molecule has 2 aromatic heterocycles. The van der Waals surface area contributed by atoms with Crippen molar-refractivity contribution in [1.82, 2.24) is 15.3 Å². The van der Waals surface area contributed by atoms with E-state index in [4.69, 9.17) is 11.6 Å². The van der Waals surface area contributed by atoms with Gasteiger partial charge in [0.25, 0.3) is 5.91 Å². The molecule has 8 nitrogen and oxygen atoms in total. The van der Waals surface area contributed by atoms with Gasteiger partial charge in [-0.3, -0.25) is 9.78 Å². The van der Waals surface area contributed by atoms with Crippen LogP contribution in [0.5, 0.6) is 5.88 Å². The zero-order valence-corrected chi connectivity index (χ0v) is 18.5. The van der Waals surface area contributed by atoms with E-state index in [0.29, 0.717) is 22.2 Å². The van der Waals surface area contributed by atoms with Gasteiger partial charge in [-0.2, -0.15) is 4.98 Å². The van der Waals surface area contributed by atoms with Gasteiger partial charge in [-0.15, -0.1) is 0 Å². The Morgan fingerprint density at radius 2 is 1.97 bits per heavy atom. The summed E-state index contributed by atoms with van der Waals surface area (Å²) < 4.78 is 14.5. The number of anilines is 3. The monoisotopic (exact) mass is 459 g/mol. The van der Waals surface area contributed by atoms with Crippen molar-refractivity contribution in [3.05, 3.63) is 59.1 Å². The molecular weight excluding hydrogens is 437 g/mol. The number of aliphatic hydroxyl groups excluding tert-OH is 1. The van der Waals surface area contributed by atoms with Crippen LogP contribution in [0.15, 0.2) is 42.7 Å². The number of carbonyl (C=O) groups is 1. The molecule has 0 saturated heterocycles. The molecule has 3 aromatic rings. The minimum atomic E-state index is -0.705. The summed E-state index contributed by atoms with van der Waals surface area (Å²) in [5.74, 6) is -1.01. The summed E-state index contributed by atoms with van der Waals surface area (Å²) in [6, 6.07) is 7.15. The van der Waals surface area contributed by atoms with Crippen molar-refractivity contribution in [3.8, 4) is 17.0 Å². The summed E-state index contributed by atoms with van der Waals surface area (Å²) in [6.07, 6.45) is 2.19. The maximum absolute atomic E-state index is 14.5. The quantitative estimate of drug-likeness (QED) is 0.427. The predicted octanol–water partition coefficient (Wildman–Crippen LogP) is 3.56. The summed E-state index contributed by atoms with van der Waals surface area (Å²) >= 11 is 6.02. The van der Waals surface area contributed by atoms with Crippen molar-refractivity contribution in [3.63, 3.8) is 0 Å². The fraction of sp³-hybridized carbons (Fsp3) is 0.227. The first-order valence-corrected chi connectivity index (χ1v) is 10.1. The highest BCUT2D eigenvalue weighted by atomic mass is 35.5. The number of pyridine rings is 2. The van der Waals surface area contributed by atoms with E-state index in [1.54, 1.807) is 32.0 Å². The molecule has 0 unspecified atom stereocenters. The van der Waals surface area contributed by atoms with E-state index < -0.39 is 17.8 Å². The van der Waals surface area contributed by atoms with Crippen LogP contribution in [0.4, 0.5) is 21.6 Å². The second kappa shape index (κ2) is 9.80. The number of nitrogens with one attached hydrogen (secondary N) is 2. The Morgan fingerprint density at radius 3 is 2.66 bits per heavy atom. The Bertz CT molecular complexity index is 1140. The fourth-order valence-electron chi connectivity index (χ4n) is 2.99. The molecular formula is C22H23ClFN5O3. The van der Waals surface area contributed by atoms with E-state index in [1.165, 1.54) is 36.7 Å². The largest absolute Gasteiger partial charge is 0.493 e. The van der Waals surface area contributed by atoms with Gasteiger partial charge in [0.1, 0.15) is 5.82 Å². The van der Waals surface area contributed by atoms with E-state index in [1.807, 2.05) is 0 Å². The molecule has 0 bridgehead atoms. The van der Waals surface area contributed by atoms with Gasteiger partial charge in [0, 0.05) is 49.2 Å². The first-order chi connectivity index (χ1) is 15.2. The molecule has 3 rings (SSSR count). The number of hydrogen-bond acceptors (Lipinski definition) is 7. The molecule has 0 aliphatic heterocycles. The summed E-state index contributed by atoms with van der Waals surface area (Å²) in [5, 5.41) is 26.0. The third-order valence-electron chi connectivity index (χ3n) is 4.52. The average Bonchev–Trinajstić information content (AvgIpc) is 2.75. The van der Waals surface area contributed by atoms with Gasteiger partial charge in [0.15, 0.2) is 5.82 Å². The summed E-state index contributed by atoms with van der Waals surface area (Å²) in [5.41, 5.74) is 1.28. The van der Waals surface area contributed by atoms with Gasteiger partial charge in [0.2, 0.25) is 5.88 Å².